The van der Waals surface area contributed by atoms with Gasteiger partial charge in [-0.05, 0) is 12.1 Å². The van der Waals surface area contributed by atoms with Gasteiger partial charge < -0.3 is 10.4 Å². The summed E-state index contributed by atoms with van der Waals surface area (Å²) in [7, 11) is 3.30. The highest BCUT2D eigenvalue weighted by Gasteiger charge is 2.14. The Bertz CT molecular complexity index is 612. The summed E-state index contributed by atoms with van der Waals surface area (Å²) in [6.07, 6.45) is 1.61. The lowest BCUT2D eigenvalue weighted by Gasteiger charge is -2.17. The molecule has 0 aliphatic carbocycles. The number of aromatic hydroxyl groups is 1. The molecule has 0 aliphatic heterocycles. The van der Waals surface area contributed by atoms with E-state index in [0.717, 1.165) is 0 Å². The van der Waals surface area contributed by atoms with Crippen LogP contribution in [0, 0.1) is 0 Å². The molecule has 100 valence electrons. The maximum absolute atomic E-state index is 12.0. The monoisotopic (exact) mass is 280 g/mol. The number of aryl methyl sites for hydroxylation is 1. The van der Waals surface area contributed by atoms with Crippen LogP contribution < -0.4 is 10.2 Å². The highest BCUT2D eigenvalue weighted by molar-refractivity contribution is 6.32. The summed E-state index contributed by atoms with van der Waals surface area (Å²) in [6.45, 7) is 0. The summed E-state index contributed by atoms with van der Waals surface area (Å²) in [5.74, 6) is 0.0940. The first-order valence-electron chi connectivity index (χ1n) is 5.50. The molecule has 1 heterocycles. The summed E-state index contributed by atoms with van der Waals surface area (Å²) in [4.78, 5) is 13.4. The maximum atomic E-state index is 12.0. The predicted octanol–water partition coefficient (Wildman–Crippen LogP) is 2.45. The van der Waals surface area contributed by atoms with Crippen molar-refractivity contribution in [3.63, 3.8) is 0 Å². The fourth-order valence-electron chi connectivity index (χ4n) is 1.56. The lowest BCUT2D eigenvalue weighted by molar-refractivity contribution is 0.258. The maximum Gasteiger partial charge on any atom is 0.326 e. The number of hydrogen-bond acceptors (Lipinski definition) is 3. The largest absolute Gasteiger partial charge is 0.508 e. The van der Waals surface area contributed by atoms with Crippen LogP contribution in [-0.2, 0) is 7.05 Å². The van der Waals surface area contributed by atoms with Gasteiger partial charge in [-0.2, -0.15) is 5.10 Å². The van der Waals surface area contributed by atoms with E-state index in [9.17, 15) is 9.90 Å². The molecule has 1 aromatic heterocycles. The fraction of sp³-hybridized carbons (Fsp3) is 0.167. The predicted molar refractivity (Wildman–Crippen MR) is 73.7 cm³/mol. The number of aromatic nitrogens is 2. The molecule has 0 atom stereocenters. The third-order valence-electron chi connectivity index (χ3n) is 2.55. The zero-order valence-corrected chi connectivity index (χ0v) is 11.2. The molecule has 0 radical (unpaired) electrons. The number of benzene rings is 1. The van der Waals surface area contributed by atoms with Crippen molar-refractivity contribution in [2.45, 2.75) is 0 Å². The minimum absolute atomic E-state index is 0.0940. The molecule has 2 rings (SSSR count). The topological polar surface area (TPSA) is 70.4 Å². The molecule has 2 amide bonds. The van der Waals surface area contributed by atoms with Gasteiger partial charge in [0.2, 0.25) is 0 Å². The average molecular weight is 281 g/mol. The van der Waals surface area contributed by atoms with Crippen molar-refractivity contribution in [3.8, 4) is 5.75 Å². The van der Waals surface area contributed by atoms with E-state index in [0.29, 0.717) is 11.4 Å². The van der Waals surface area contributed by atoms with Crippen LogP contribution in [0.1, 0.15) is 0 Å². The Labute approximate surface area is 115 Å². The van der Waals surface area contributed by atoms with E-state index in [1.807, 2.05) is 0 Å². The Kier molecular flexibility index (Phi) is 3.62. The number of rotatable bonds is 2. The normalized spacial score (nSPS) is 10.3. The first kappa shape index (κ1) is 13.2. The van der Waals surface area contributed by atoms with E-state index in [4.69, 9.17) is 11.6 Å². The molecule has 19 heavy (non-hydrogen) atoms. The first-order chi connectivity index (χ1) is 8.97. The van der Waals surface area contributed by atoms with Crippen molar-refractivity contribution in [2.24, 2.45) is 7.05 Å². The molecule has 0 saturated carbocycles. The zero-order valence-electron chi connectivity index (χ0n) is 10.5. The van der Waals surface area contributed by atoms with E-state index in [2.05, 4.69) is 10.4 Å². The van der Waals surface area contributed by atoms with Gasteiger partial charge in [0.1, 0.15) is 11.4 Å². The molecule has 0 bridgehead atoms. The summed E-state index contributed by atoms with van der Waals surface area (Å²) < 4.78 is 1.51. The van der Waals surface area contributed by atoms with Crippen LogP contribution in [0.5, 0.6) is 5.75 Å². The van der Waals surface area contributed by atoms with Crippen LogP contribution in [0.4, 0.5) is 16.2 Å². The lowest BCUT2D eigenvalue weighted by Crippen LogP contribution is -2.31. The molecule has 0 spiro atoms. The van der Waals surface area contributed by atoms with E-state index >= 15 is 0 Å². The molecular weight excluding hydrogens is 268 g/mol. The van der Waals surface area contributed by atoms with Crippen molar-refractivity contribution in [1.82, 2.24) is 9.78 Å². The van der Waals surface area contributed by atoms with Crippen molar-refractivity contribution in [2.75, 3.05) is 17.3 Å². The molecule has 0 saturated heterocycles. The number of nitrogens with zero attached hydrogens (tertiary/aromatic N) is 3. The number of carbonyl (C=O) groups excluding carboxylic acids is 1. The Morgan fingerprint density at radius 1 is 1.53 bits per heavy atom. The molecule has 2 N–H and O–H groups in total. The zero-order chi connectivity index (χ0) is 14.0. The molecule has 1 aromatic carbocycles. The smallest absolute Gasteiger partial charge is 0.326 e. The molecule has 6 nitrogen and oxygen atoms in total. The fourth-order valence-corrected chi connectivity index (χ4v) is 1.78. The SMILES string of the molecule is CN(C(=O)Nc1cn(C)nc1Cl)c1cccc(O)c1. The number of phenolic OH excluding ortho intramolecular Hbond substituents is 1. The van der Waals surface area contributed by atoms with Crippen LogP contribution in [-0.4, -0.2) is 28.0 Å². The number of nitrogens with one attached hydrogen (secondary N) is 1. The second-order valence-electron chi connectivity index (χ2n) is 4.02. The second-order valence-corrected chi connectivity index (χ2v) is 4.37. The number of phenols is 1. The van der Waals surface area contributed by atoms with Gasteiger partial charge >= 0.3 is 6.03 Å². The van der Waals surface area contributed by atoms with Gasteiger partial charge in [0.05, 0.1) is 0 Å². The van der Waals surface area contributed by atoms with Crippen LogP contribution in [0.3, 0.4) is 0 Å². The minimum atomic E-state index is -0.375. The summed E-state index contributed by atoms with van der Waals surface area (Å²) in [6, 6.07) is 6.02. The van der Waals surface area contributed by atoms with Gasteiger partial charge in [-0.15, -0.1) is 0 Å². The summed E-state index contributed by atoms with van der Waals surface area (Å²) in [5.41, 5.74) is 0.999. The van der Waals surface area contributed by atoms with Crippen LogP contribution in [0.2, 0.25) is 5.15 Å². The minimum Gasteiger partial charge on any atom is -0.508 e. The number of carbonyl (C=O) groups is 1. The second kappa shape index (κ2) is 5.19. The summed E-state index contributed by atoms with van der Waals surface area (Å²) >= 11 is 5.86. The quantitative estimate of drug-likeness (QED) is 0.888. The third-order valence-corrected chi connectivity index (χ3v) is 2.83. The van der Waals surface area contributed by atoms with Gasteiger partial charge in [0.25, 0.3) is 0 Å². The standard InChI is InChI=1S/C12H13ClN4O2/c1-16-7-10(11(13)15-16)14-12(19)17(2)8-4-3-5-9(18)6-8/h3-7,18H,1-2H3,(H,14,19). The molecular formula is C12H13ClN4O2. The number of urea groups is 1. The van der Waals surface area contributed by atoms with Crippen molar-refractivity contribution in [3.05, 3.63) is 35.6 Å². The highest BCUT2D eigenvalue weighted by atomic mass is 35.5. The van der Waals surface area contributed by atoms with E-state index < -0.39 is 0 Å². The Balaban J connectivity index is 2.14. The molecule has 0 unspecified atom stereocenters. The summed E-state index contributed by atoms with van der Waals surface area (Å²) in [5, 5.41) is 16.2. The van der Waals surface area contributed by atoms with E-state index in [1.165, 1.54) is 21.7 Å². The number of anilines is 2. The van der Waals surface area contributed by atoms with E-state index in [-0.39, 0.29) is 16.9 Å². The third kappa shape index (κ3) is 2.97. The van der Waals surface area contributed by atoms with Crippen LogP contribution in [0.15, 0.2) is 30.5 Å². The van der Waals surface area contributed by atoms with Crippen molar-refractivity contribution in [1.29, 1.82) is 0 Å². The molecule has 0 aliphatic rings. The molecule has 0 fully saturated rings. The number of halogens is 1. The Morgan fingerprint density at radius 2 is 2.26 bits per heavy atom. The molecule has 7 heteroatoms. The van der Waals surface area contributed by atoms with Crippen LogP contribution in [0.25, 0.3) is 0 Å². The van der Waals surface area contributed by atoms with Gasteiger partial charge in [-0.3, -0.25) is 9.58 Å². The van der Waals surface area contributed by atoms with Crippen molar-refractivity contribution >= 4 is 29.0 Å². The van der Waals surface area contributed by atoms with E-state index in [1.54, 1.807) is 32.4 Å². The first-order valence-corrected chi connectivity index (χ1v) is 5.88. The van der Waals surface area contributed by atoms with Crippen LogP contribution >= 0.6 is 11.6 Å². The van der Waals surface area contributed by atoms with Crippen molar-refractivity contribution < 1.29 is 9.90 Å². The van der Waals surface area contributed by atoms with Gasteiger partial charge in [-0.1, -0.05) is 17.7 Å². The average Bonchev–Trinajstić information content (AvgIpc) is 2.66. The van der Waals surface area contributed by atoms with Gasteiger partial charge in [0.15, 0.2) is 5.15 Å². The number of amides is 2. The Morgan fingerprint density at radius 3 is 2.84 bits per heavy atom. The molecule has 2 aromatic rings. The van der Waals surface area contributed by atoms with Gasteiger partial charge in [0, 0.05) is 32.0 Å². The highest BCUT2D eigenvalue weighted by Crippen LogP contribution is 2.22. The van der Waals surface area contributed by atoms with Gasteiger partial charge in [-0.25, -0.2) is 4.79 Å². The number of hydrogen-bond donors (Lipinski definition) is 2. The lowest BCUT2D eigenvalue weighted by atomic mass is 10.3. The Hall–Kier alpha value is -2.21.